The second kappa shape index (κ2) is 6.37. The zero-order chi connectivity index (χ0) is 15.6. The highest BCUT2D eigenvalue weighted by molar-refractivity contribution is 7.89. The molecule has 1 aliphatic rings. The number of nitrogens with two attached hydrogens (primary N) is 1. The molecule has 2 rings (SSSR count). The molecule has 3 N–H and O–H groups in total. The van der Waals surface area contributed by atoms with Gasteiger partial charge in [-0.15, -0.1) is 0 Å². The van der Waals surface area contributed by atoms with Gasteiger partial charge in [0.25, 0.3) is 0 Å². The Kier molecular flexibility index (Phi) is 4.95. The second-order valence-electron chi connectivity index (χ2n) is 5.54. The minimum atomic E-state index is -4.05. The summed E-state index contributed by atoms with van der Waals surface area (Å²) in [4.78, 5) is -0.530. The molecule has 1 unspecified atom stereocenters. The SMILES string of the molecule is Cc1cc(S(=O)(=O)NC(CN)C2CCCC2)c(F)cc1F. The van der Waals surface area contributed by atoms with Crippen LogP contribution in [-0.2, 0) is 10.0 Å². The predicted octanol–water partition coefficient (Wildman–Crippen LogP) is 2.07. The zero-order valence-electron chi connectivity index (χ0n) is 11.9. The van der Waals surface area contributed by atoms with Crippen molar-refractivity contribution in [3.63, 3.8) is 0 Å². The van der Waals surface area contributed by atoms with Gasteiger partial charge in [0.05, 0.1) is 0 Å². The number of aryl methyl sites for hydroxylation is 1. The standard InChI is InChI=1S/C14H20F2N2O2S/c1-9-6-14(12(16)7-11(9)15)21(19,20)18-13(8-17)10-4-2-3-5-10/h6-7,10,13,18H,2-5,8,17H2,1H3. The summed E-state index contributed by atoms with van der Waals surface area (Å²) in [6, 6.07) is 1.19. The first-order valence-corrected chi connectivity index (χ1v) is 8.51. The van der Waals surface area contributed by atoms with E-state index in [2.05, 4.69) is 4.72 Å². The molecule has 0 heterocycles. The topological polar surface area (TPSA) is 72.2 Å². The van der Waals surface area contributed by atoms with Gasteiger partial charge in [-0.3, -0.25) is 0 Å². The van der Waals surface area contributed by atoms with Gasteiger partial charge in [-0.1, -0.05) is 12.8 Å². The van der Waals surface area contributed by atoms with Crippen molar-refractivity contribution in [3.8, 4) is 0 Å². The van der Waals surface area contributed by atoms with Crippen LogP contribution in [0.4, 0.5) is 8.78 Å². The van der Waals surface area contributed by atoms with E-state index in [4.69, 9.17) is 5.73 Å². The molecule has 0 bridgehead atoms. The highest BCUT2D eigenvalue weighted by atomic mass is 32.2. The van der Waals surface area contributed by atoms with E-state index in [9.17, 15) is 17.2 Å². The summed E-state index contributed by atoms with van der Waals surface area (Å²) in [5.74, 6) is -1.68. The summed E-state index contributed by atoms with van der Waals surface area (Å²) < 4.78 is 54.1. The van der Waals surface area contributed by atoms with Crippen molar-refractivity contribution in [2.24, 2.45) is 11.7 Å². The smallest absolute Gasteiger partial charge is 0.243 e. The van der Waals surface area contributed by atoms with Crippen LogP contribution in [0.1, 0.15) is 31.2 Å². The Hall–Kier alpha value is -1.05. The summed E-state index contributed by atoms with van der Waals surface area (Å²) in [5, 5.41) is 0. The normalized spacial score (nSPS) is 18.1. The van der Waals surface area contributed by atoms with E-state index in [1.807, 2.05) is 0 Å². The van der Waals surface area contributed by atoms with Gasteiger partial charge in [-0.25, -0.2) is 21.9 Å². The summed E-state index contributed by atoms with van der Waals surface area (Å²) in [6.07, 6.45) is 3.92. The molecule has 0 aliphatic heterocycles. The average Bonchev–Trinajstić information content (AvgIpc) is 2.94. The van der Waals surface area contributed by atoms with Crippen LogP contribution in [-0.4, -0.2) is 21.0 Å². The van der Waals surface area contributed by atoms with Gasteiger partial charge in [0, 0.05) is 18.7 Å². The maximum absolute atomic E-state index is 13.8. The molecule has 0 aromatic heterocycles. The maximum atomic E-state index is 13.8. The third kappa shape index (κ3) is 3.59. The summed E-state index contributed by atoms with van der Waals surface area (Å²) in [6.45, 7) is 1.55. The number of rotatable bonds is 5. The molecular formula is C14H20F2N2O2S. The van der Waals surface area contributed by atoms with Gasteiger partial charge in [-0.05, 0) is 37.3 Å². The van der Waals surface area contributed by atoms with Crippen LogP contribution >= 0.6 is 0 Å². The third-order valence-electron chi connectivity index (χ3n) is 4.03. The molecule has 1 saturated carbocycles. The van der Waals surface area contributed by atoms with E-state index in [1.54, 1.807) is 0 Å². The Bertz CT molecular complexity index is 614. The minimum Gasteiger partial charge on any atom is -0.329 e. The average molecular weight is 318 g/mol. The predicted molar refractivity (Wildman–Crippen MR) is 76.2 cm³/mol. The van der Waals surface area contributed by atoms with Crippen LogP contribution in [0, 0.1) is 24.5 Å². The lowest BCUT2D eigenvalue weighted by molar-refractivity contribution is 0.404. The number of nitrogens with one attached hydrogen (secondary N) is 1. The lowest BCUT2D eigenvalue weighted by atomic mass is 9.99. The number of hydrogen-bond donors (Lipinski definition) is 2. The van der Waals surface area contributed by atoms with E-state index < -0.39 is 32.6 Å². The summed E-state index contributed by atoms with van der Waals surface area (Å²) >= 11 is 0. The Morgan fingerprint density at radius 1 is 1.29 bits per heavy atom. The van der Waals surface area contributed by atoms with Crippen molar-refractivity contribution in [1.29, 1.82) is 0 Å². The molecule has 1 aromatic carbocycles. The van der Waals surface area contributed by atoms with Crippen molar-refractivity contribution in [1.82, 2.24) is 4.72 Å². The number of benzene rings is 1. The molecule has 1 aliphatic carbocycles. The fraction of sp³-hybridized carbons (Fsp3) is 0.571. The molecule has 0 radical (unpaired) electrons. The van der Waals surface area contributed by atoms with Gasteiger partial charge in [0.15, 0.2) is 0 Å². The Morgan fingerprint density at radius 2 is 1.90 bits per heavy atom. The molecule has 0 saturated heterocycles. The minimum absolute atomic E-state index is 0.0851. The monoisotopic (exact) mass is 318 g/mol. The van der Waals surface area contributed by atoms with Gasteiger partial charge in [-0.2, -0.15) is 0 Å². The van der Waals surface area contributed by atoms with E-state index in [-0.39, 0.29) is 18.0 Å². The van der Waals surface area contributed by atoms with Crippen LogP contribution in [0.2, 0.25) is 0 Å². The first kappa shape index (κ1) is 16.3. The van der Waals surface area contributed by atoms with Crippen molar-refractivity contribution in [2.75, 3.05) is 6.54 Å². The maximum Gasteiger partial charge on any atom is 0.243 e. The van der Waals surface area contributed by atoms with E-state index >= 15 is 0 Å². The lowest BCUT2D eigenvalue weighted by Gasteiger charge is -2.23. The summed E-state index contributed by atoms with van der Waals surface area (Å²) in [5.41, 5.74) is 5.73. The highest BCUT2D eigenvalue weighted by Gasteiger charge is 2.30. The van der Waals surface area contributed by atoms with Gasteiger partial charge in [0.1, 0.15) is 16.5 Å². The summed E-state index contributed by atoms with van der Waals surface area (Å²) in [7, 11) is -4.05. The fourth-order valence-electron chi connectivity index (χ4n) is 2.80. The quantitative estimate of drug-likeness (QED) is 0.873. The van der Waals surface area contributed by atoms with Crippen molar-refractivity contribution in [2.45, 2.75) is 43.5 Å². The molecule has 0 amide bonds. The van der Waals surface area contributed by atoms with Crippen molar-refractivity contribution < 1.29 is 17.2 Å². The van der Waals surface area contributed by atoms with Crippen LogP contribution in [0.5, 0.6) is 0 Å². The first-order chi connectivity index (χ1) is 9.85. The number of hydrogen-bond acceptors (Lipinski definition) is 3. The Balaban J connectivity index is 2.27. The molecule has 118 valence electrons. The fourth-order valence-corrected chi connectivity index (χ4v) is 4.26. The Labute approximate surface area is 123 Å². The molecule has 0 spiro atoms. The van der Waals surface area contributed by atoms with Gasteiger partial charge in [0.2, 0.25) is 10.0 Å². The molecule has 7 heteroatoms. The zero-order valence-corrected chi connectivity index (χ0v) is 12.7. The molecule has 21 heavy (non-hydrogen) atoms. The van der Waals surface area contributed by atoms with Gasteiger partial charge < -0.3 is 5.73 Å². The molecule has 1 atom stereocenters. The highest BCUT2D eigenvalue weighted by Crippen LogP contribution is 2.28. The van der Waals surface area contributed by atoms with Crippen LogP contribution in [0.15, 0.2) is 17.0 Å². The van der Waals surface area contributed by atoms with E-state index in [1.165, 1.54) is 6.92 Å². The van der Waals surface area contributed by atoms with Crippen molar-refractivity contribution in [3.05, 3.63) is 29.3 Å². The molecular weight excluding hydrogens is 298 g/mol. The molecule has 1 aromatic rings. The lowest BCUT2D eigenvalue weighted by Crippen LogP contribution is -2.44. The third-order valence-corrected chi connectivity index (χ3v) is 5.54. The molecule has 4 nitrogen and oxygen atoms in total. The van der Waals surface area contributed by atoms with Crippen LogP contribution in [0.3, 0.4) is 0 Å². The van der Waals surface area contributed by atoms with Crippen molar-refractivity contribution >= 4 is 10.0 Å². The van der Waals surface area contributed by atoms with E-state index in [0.717, 1.165) is 31.7 Å². The molecule has 1 fully saturated rings. The van der Waals surface area contributed by atoms with Crippen LogP contribution in [0.25, 0.3) is 0 Å². The van der Waals surface area contributed by atoms with Gasteiger partial charge >= 0.3 is 0 Å². The second-order valence-corrected chi connectivity index (χ2v) is 7.22. The number of sulfonamides is 1. The largest absolute Gasteiger partial charge is 0.329 e. The number of halogens is 2. The van der Waals surface area contributed by atoms with E-state index in [0.29, 0.717) is 6.07 Å². The van der Waals surface area contributed by atoms with Crippen LogP contribution < -0.4 is 10.5 Å². The Morgan fingerprint density at radius 3 is 2.48 bits per heavy atom. The first-order valence-electron chi connectivity index (χ1n) is 7.03.